The van der Waals surface area contributed by atoms with Gasteiger partial charge in [-0.1, -0.05) is 0 Å². The van der Waals surface area contributed by atoms with Crippen LogP contribution >= 0.6 is 0 Å². The molecule has 32 heavy (non-hydrogen) atoms. The van der Waals surface area contributed by atoms with Crippen LogP contribution in [0, 0.1) is 0 Å². The molecule has 1 fully saturated rings. The van der Waals surface area contributed by atoms with Crippen LogP contribution in [0.5, 0.6) is 34.5 Å². The standard InChI is InChI=1S/C24H34N2O6/c1-27-19-8-7-18(22(30-4)24(19)32-6)16-26-11-9-25(10-12-26)15-17-13-20(28-2)23(31-5)21(14-17)29-3/h7-8,13-14H,9-12,15-16H2,1-6H3/p+2. The lowest BCUT2D eigenvalue weighted by molar-refractivity contribution is -1.02. The molecule has 8 nitrogen and oxygen atoms in total. The summed E-state index contributed by atoms with van der Waals surface area (Å²) >= 11 is 0. The van der Waals surface area contributed by atoms with E-state index >= 15 is 0 Å². The summed E-state index contributed by atoms with van der Waals surface area (Å²) in [6.45, 7) is 6.14. The van der Waals surface area contributed by atoms with E-state index in [0.717, 1.165) is 50.6 Å². The first-order valence-electron chi connectivity index (χ1n) is 10.8. The van der Waals surface area contributed by atoms with Crippen LogP contribution in [-0.2, 0) is 13.1 Å². The summed E-state index contributed by atoms with van der Waals surface area (Å²) in [4.78, 5) is 3.08. The third-order valence-electron chi connectivity index (χ3n) is 6.07. The molecule has 1 saturated heterocycles. The fraction of sp³-hybridized carbons (Fsp3) is 0.500. The molecule has 8 heteroatoms. The number of piperazine rings is 1. The van der Waals surface area contributed by atoms with Crippen molar-refractivity contribution in [1.82, 2.24) is 0 Å². The van der Waals surface area contributed by atoms with E-state index in [1.165, 1.54) is 10.5 Å². The predicted octanol–water partition coefficient (Wildman–Crippen LogP) is 0.222. The number of benzene rings is 2. The van der Waals surface area contributed by atoms with Gasteiger partial charge in [-0.05, 0) is 24.3 Å². The Balaban J connectivity index is 1.64. The number of hydrogen-bond donors (Lipinski definition) is 2. The van der Waals surface area contributed by atoms with Crippen LogP contribution in [0.2, 0.25) is 0 Å². The Kier molecular flexibility index (Phi) is 8.30. The van der Waals surface area contributed by atoms with Crippen molar-refractivity contribution in [1.29, 1.82) is 0 Å². The molecule has 0 unspecified atom stereocenters. The fourth-order valence-corrected chi connectivity index (χ4v) is 4.41. The molecule has 0 aliphatic carbocycles. The van der Waals surface area contributed by atoms with Crippen LogP contribution in [0.1, 0.15) is 11.1 Å². The normalized spacial score (nSPS) is 18.1. The Morgan fingerprint density at radius 2 is 1.06 bits per heavy atom. The number of rotatable bonds is 10. The van der Waals surface area contributed by atoms with E-state index in [4.69, 9.17) is 28.4 Å². The molecule has 0 spiro atoms. The zero-order valence-corrected chi connectivity index (χ0v) is 20.0. The maximum Gasteiger partial charge on any atom is 0.203 e. The molecular formula is C24H36N2O6+2. The fourth-order valence-electron chi connectivity index (χ4n) is 4.41. The molecule has 0 aromatic heterocycles. The van der Waals surface area contributed by atoms with Crippen molar-refractivity contribution in [2.45, 2.75) is 13.1 Å². The van der Waals surface area contributed by atoms with E-state index < -0.39 is 0 Å². The summed E-state index contributed by atoms with van der Waals surface area (Å²) in [5.74, 6) is 4.12. The van der Waals surface area contributed by atoms with Crippen molar-refractivity contribution in [2.75, 3.05) is 68.8 Å². The highest BCUT2D eigenvalue weighted by atomic mass is 16.5. The summed E-state index contributed by atoms with van der Waals surface area (Å²) in [5.41, 5.74) is 2.31. The van der Waals surface area contributed by atoms with Gasteiger partial charge < -0.3 is 38.2 Å². The Morgan fingerprint density at radius 1 is 0.562 bits per heavy atom. The summed E-state index contributed by atoms with van der Waals surface area (Å²) in [7, 11) is 9.88. The van der Waals surface area contributed by atoms with Gasteiger partial charge in [-0.3, -0.25) is 0 Å². The average Bonchev–Trinajstić information content (AvgIpc) is 2.83. The van der Waals surface area contributed by atoms with Crippen molar-refractivity contribution in [3.63, 3.8) is 0 Å². The largest absolute Gasteiger partial charge is 0.493 e. The first-order chi connectivity index (χ1) is 15.6. The number of nitrogens with one attached hydrogen (secondary N) is 2. The van der Waals surface area contributed by atoms with Crippen molar-refractivity contribution >= 4 is 0 Å². The molecule has 2 aromatic carbocycles. The number of ether oxygens (including phenoxy) is 6. The Labute approximate surface area is 190 Å². The van der Waals surface area contributed by atoms with Gasteiger partial charge in [0.1, 0.15) is 39.3 Å². The number of quaternary nitrogens is 2. The van der Waals surface area contributed by atoms with E-state index in [0.29, 0.717) is 28.7 Å². The van der Waals surface area contributed by atoms with Gasteiger partial charge in [0.2, 0.25) is 11.5 Å². The smallest absolute Gasteiger partial charge is 0.203 e. The minimum Gasteiger partial charge on any atom is -0.493 e. The molecule has 1 aliphatic heterocycles. The molecule has 3 rings (SSSR count). The van der Waals surface area contributed by atoms with Crippen LogP contribution in [0.25, 0.3) is 0 Å². The highest BCUT2D eigenvalue weighted by Crippen LogP contribution is 2.39. The summed E-state index contributed by atoms with van der Waals surface area (Å²) in [5, 5.41) is 0. The third-order valence-corrected chi connectivity index (χ3v) is 6.07. The molecular weight excluding hydrogens is 412 g/mol. The molecule has 1 heterocycles. The summed E-state index contributed by atoms with van der Waals surface area (Å²) in [6, 6.07) is 8.11. The SMILES string of the molecule is COc1cc(C[NH+]2CC[NH+](Cc3ccc(OC)c(OC)c3OC)CC2)cc(OC)c1OC. The molecule has 1 aliphatic rings. The summed E-state index contributed by atoms with van der Waals surface area (Å²) < 4.78 is 33.0. The van der Waals surface area contributed by atoms with Crippen LogP contribution in [0.4, 0.5) is 0 Å². The minimum atomic E-state index is 0.631. The molecule has 0 bridgehead atoms. The van der Waals surface area contributed by atoms with E-state index in [1.807, 2.05) is 18.2 Å². The molecule has 2 N–H and O–H groups in total. The molecule has 0 radical (unpaired) electrons. The monoisotopic (exact) mass is 448 g/mol. The lowest BCUT2D eigenvalue weighted by atomic mass is 10.1. The lowest BCUT2D eigenvalue weighted by Crippen LogP contribution is -3.27. The van der Waals surface area contributed by atoms with Crippen LogP contribution in [0.15, 0.2) is 24.3 Å². The topological polar surface area (TPSA) is 64.3 Å². The minimum absolute atomic E-state index is 0.631. The molecule has 176 valence electrons. The van der Waals surface area contributed by atoms with Crippen LogP contribution in [0.3, 0.4) is 0 Å². The van der Waals surface area contributed by atoms with Crippen molar-refractivity contribution < 1.29 is 38.2 Å². The molecule has 2 aromatic rings. The van der Waals surface area contributed by atoms with Gasteiger partial charge >= 0.3 is 0 Å². The third kappa shape index (κ3) is 5.14. The second-order valence-corrected chi connectivity index (χ2v) is 7.88. The van der Waals surface area contributed by atoms with Crippen molar-refractivity contribution in [3.8, 4) is 34.5 Å². The van der Waals surface area contributed by atoms with Crippen molar-refractivity contribution in [2.24, 2.45) is 0 Å². The number of methoxy groups -OCH3 is 6. The Morgan fingerprint density at radius 3 is 1.53 bits per heavy atom. The van der Waals surface area contributed by atoms with E-state index in [2.05, 4.69) is 6.07 Å². The first-order valence-corrected chi connectivity index (χ1v) is 10.8. The average molecular weight is 449 g/mol. The molecule has 0 atom stereocenters. The van der Waals surface area contributed by atoms with Gasteiger partial charge in [0.25, 0.3) is 0 Å². The second kappa shape index (κ2) is 11.2. The van der Waals surface area contributed by atoms with E-state index in [9.17, 15) is 0 Å². The van der Waals surface area contributed by atoms with Gasteiger partial charge in [-0.25, -0.2) is 0 Å². The quantitative estimate of drug-likeness (QED) is 0.542. The zero-order valence-electron chi connectivity index (χ0n) is 20.0. The van der Waals surface area contributed by atoms with E-state index in [-0.39, 0.29) is 0 Å². The van der Waals surface area contributed by atoms with Gasteiger partial charge in [-0.15, -0.1) is 0 Å². The van der Waals surface area contributed by atoms with Crippen LogP contribution < -0.4 is 38.2 Å². The van der Waals surface area contributed by atoms with Gasteiger partial charge in [0.05, 0.1) is 48.2 Å². The molecule has 0 amide bonds. The highest BCUT2D eigenvalue weighted by molar-refractivity contribution is 5.55. The highest BCUT2D eigenvalue weighted by Gasteiger charge is 2.26. The van der Waals surface area contributed by atoms with Crippen LogP contribution in [-0.4, -0.2) is 68.8 Å². The predicted molar refractivity (Wildman–Crippen MR) is 121 cm³/mol. The lowest BCUT2D eigenvalue weighted by Gasteiger charge is -2.30. The second-order valence-electron chi connectivity index (χ2n) is 7.88. The first kappa shape index (κ1) is 23.8. The van der Waals surface area contributed by atoms with Gasteiger partial charge in [0.15, 0.2) is 23.0 Å². The zero-order chi connectivity index (χ0) is 23.1. The number of hydrogen-bond acceptors (Lipinski definition) is 6. The summed E-state index contributed by atoms with van der Waals surface area (Å²) in [6.07, 6.45) is 0. The molecule has 0 saturated carbocycles. The van der Waals surface area contributed by atoms with E-state index in [1.54, 1.807) is 47.6 Å². The maximum atomic E-state index is 5.66. The Bertz CT molecular complexity index is 871. The van der Waals surface area contributed by atoms with Crippen molar-refractivity contribution in [3.05, 3.63) is 35.4 Å². The van der Waals surface area contributed by atoms with Gasteiger partial charge in [-0.2, -0.15) is 0 Å². The Hall–Kier alpha value is -2.84. The maximum absolute atomic E-state index is 5.66. The van der Waals surface area contributed by atoms with Gasteiger partial charge in [0, 0.05) is 5.56 Å².